The first-order valence-electron chi connectivity index (χ1n) is 15.6. The Morgan fingerprint density at radius 3 is 2.79 bits per heavy atom. The molecule has 7 heteroatoms. The number of carbonyl (C=O) groups is 1. The fraction of sp³-hybridized carbons (Fsp3) is 0.429. The van der Waals surface area contributed by atoms with Crippen LogP contribution in [-0.2, 0) is 11.2 Å². The first-order chi connectivity index (χ1) is 20.6. The number of hydrogen-bond donors (Lipinski definition) is 2. The number of ketones is 1. The Morgan fingerprint density at radius 2 is 1.95 bits per heavy atom. The lowest BCUT2D eigenvalue weighted by Gasteiger charge is -2.23. The van der Waals surface area contributed by atoms with Crippen LogP contribution in [0.1, 0.15) is 56.1 Å². The number of anilines is 1. The Balaban J connectivity index is 1.14. The molecule has 1 saturated heterocycles. The van der Waals surface area contributed by atoms with E-state index in [1.807, 2.05) is 24.3 Å². The Morgan fingerprint density at radius 1 is 1.00 bits per heavy atom. The van der Waals surface area contributed by atoms with Gasteiger partial charge in [-0.05, 0) is 98.0 Å². The lowest BCUT2D eigenvalue weighted by Crippen LogP contribution is -2.38. The van der Waals surface area contributed by atoms with Crippen LogP contribution in [0.5, 0.6) is 11.6 Å². The summed E-state index contributed by atoms with van der Waals surface area (Å²) in [5.74, 6) is 4.44. The average molecular weight is 562 g/mol. The maximum absolute atomic E-state index is 13.2. The number of benzene rings is 2. The van der Waals surface area contributed by atoms with Gasteiger partial charge in [0.15, 0.2) is 0 Å². The van der Waals surface area contributed by atoms with Crippen molar-refractivity contribution < 1.29 is 9.53 Å². The minimum atomic E-state index is 0.311. The molecule has 7 nitrogen and oxygen atoms in total. The minimum absolute atomic E-state index is 0.311. The highest BCUT2D eigenvalue weighted by atomic mass is 16.5. The largest absolute Gasteiger partial charge is 0.437 e. The van der Waals surface area contributed by atoms with Crippen molar-refractivity contribution in [3.8, 4) is 22.9 Å². The summed E-state index contributed by atoms with van der Waals surface area (Å²) in [6.45, 7) is 4.02. The molecule has 42 heavy (non-hydrogen) atoms. The van der Waals surface area contributed by atoms with Crippen LogP contribution in [0.4, 0.5) is 5.95 Å². The Hall–Kier alpha value is -3.84. The molecule has 0 spiro atoms. The zero-order valence-corrected chi connectivity index (χ0v) is 24.3. The highest BCUT2D eigenvalue weighted by Gasteiger charge is 2.40. The standard InChI is InChI=1S/C35H39N5O2/c1-22-9-12-29-25(19-28(41)20-26-18-23-10-11-24(26)17-23)5-2-7-30(29)33(22)42-34-31(8-4-15-37-34)32-13-16-38-35(40-32)39-27-6-3-14-36-21-27/h2,4-5,7-9,12-13,15-16,23-24,26-27,36H,3,6,10-11,14,17-21H2,1H3,(H,38,39,40)/t23?,24?,26?,27-/m0/s1. The summed E-state index contributed by atoms with van der Waals surface area (Å²) in [7, 11) is 0. The topological polar surface area (TPSA) is 89.0 Å². The molecule has 3 unspecified atom stereocenters. The van der Waals surface area contributed by atoms with Gasteiger partial charge in [-0.15, -0.1) is 0 Å². The Labute approximate surface area is 247 Å². The van der Waals surface area contributed by atoms with Gasteiger partial charge in [-0.1, -0.05) is 36.8 Å². The van der Waals surface area contributed by atoms with Crippen LogP contribution in [0.25, 0.3) is 22.0 Å². The Kier molecular flexibility index (Phi) is 7.59. The molecule has 2 bridgehead atoms. The van der Waals surface area contributed by atoms with Gasteiger partial charge in [0.25, 0.3) is 0 Å². The summed E-state index contributed by atoms with van der Waals surface area (Å²) in [6, 6.07) is 16.5. The van der Waals surface area contributed by atoms with Crippen molar-refractivity contribution >= 4 is 22.5 Å². The fourth-order valence-corrected chi connectivity index (χ4v) is 7.50. The van der Waals surface area contributed by atoms with E-state index in [0.717, 1.165) is 83.1 Å². The maximum atomic E-state index is 13.2. The molecular formula is C35H39N5O2. The molecule has 216 valence electrons. The molecule has 7 rings (SSSR count). The van der Waals surface area contributed by atoms with Crippen LogP contribution in [0, 0.1) is 24.7 Å². The number of aryl methyl sites for hydroxylation is 1. The monoisotopic (exact) mass is 561 g/mol. The molecule has 2 aromatic carbocycles. The van der Waals surface area contributed by atoms with E-state index in [4.69, 9.17) is 9.72 Å². The number of carbonyl (C=O) groups excluding carboxylic acids is 1. The predicted octanol–water partition coefficient (Wildman–Crippen LogP) is 6.89. The molecule has 2 aromatic heterocycles. The van der Waals surface area contributed by atoms with Crippen LogP contribution in [0.15, 0.2) is 60.9 Å². The summed E-state index contributed by atoms with van der Waals surface area (Å²) >= 11 is 0. The number of pyridine rings is 1. The van der Waals surface area contributed by atoms with E-state index in [-0.39, 0.29) is 0 Å². The molecule has 2 aliphatic carbocycles. The van der Waals surface area contributed by atoms with Crippen LogP contribution in [-0.4, -0.2) is 39.9 Å². The zero-order chi connectivity index (χ0) is 28.5. The second kappa shape index (κ2) is 11.8. The second-order valence-corrected chi connectivity index (χ2v) is 12.5. The summed E-state index contributed by atoms with van der Waals surface area (Å²) in [5, 5.41) is 8.95. The molecule has 4 aromatic rings. The second-order valence-electron chi connectivity index (χ2n) is 12.5. The van der Waals surface area contributed by atoms with Crippen LogP contribution < -0.4 is 15.4 Å². The molecule has 2 saturated carbocycles. The fourth-order valence-electron chi connectivity index (χ4n) is 7.50. The van der Waals surface area contributed by atoms with Gasteiger partial charge in [0, 0.05) is 43.2 Å². The number of rotatable bonds is 9. The van der Waals surface area contributed by atoms with Gasteiger partial charge in [-0.25, -0.2) is 15.0 Å². The number of ether oxygens (including phenoxy) is 1. The molecule has 3 heterocycles. The van der Waals surface area contributed by atoms with E-state index < -0.39 is 0 Å². The number of nitrogens with zero attached hydrogens (tertiary/aromatic N) is 3. The molecule has 4 atom stereocenters. The molecule has 3 fully saturated rings. The third-order valence-corrected chi connectivity index (χ3v) is 9.59. The van der Waals surface area contributed by atoms with E-state index in [0.29, 0.717) is 36.0 Å². The van der Waals surface area contributed by atoms with Crippen LogP contribution in [0.2, 0.25) is 0 Å². The molecule has 1 aliphatic heterocycles. The molecular weight excluding hydrogens is 522 g/mol. The first kappa shape index (κ1) is 27.0. The van der Waals surface area contributed by atoms with E-state index in [1.165, 1.54) is 25.7 Å². The lowest BCUT2D eigenvalue weighted by molar-refractivity contribution is -0.119. The normalized spacial score (nSPS) is 23.3. The van der Waals surface area contributed by atoms with Crippen molar-refractivity contribution in [1.82, 2.24) is 20.3 Å². The number of Topliss-reactive ketones (excluding diaryl/α,β-unsaturated/α-hetero) is 1. The summed E-state index contributed by atoms with van der Waals surface area (Å²) in [4.78, 5) is 27.1. The SMILES string of the molecule is Cc1ccc2c(CC(=O)CC3CC4CCC3C4)cccc2c1Oc1ncccc1-c1ccnc(N[C@H]2CCCNC2)n1. The molecule has 2 N–H and O–H groups in total. The summed E-state index contributed by atoms with van der Waals surface area (Å²) in [6.07, 6.45) is 12.2. The minimum Gasteiger partial charge on any atom is -0.437 e. The highest BCUT2D eigenvalue weighted by molar-refractivity contribution is 5.95. The van der Waals surface area contributed by atoms with Gasteiger partial charge >= 0.3 is 0 Å². The third kappa shape index (κ3) is 5.62. The van der Waals surface area contributed by atoms with Crippen LogP contribution in [0.3, 0.4) is 0 Å². The van der Waals surface area contributed by atoms with Crippen molar-refractivity contribution in [3.63, 3.8) is 0 Å². The van der Waals surface area contributed by atoms with E-state index in [9.17, 15) is 4.79 Å². The van der Waals surface area contributed by atoms with E-state index in [2.05, 4.69) is 51.8 Å². The highest BCUT2D eigenvalue weighted by Crippen LogP contribution is 2.49. The average Bonchev–Trinajstić information content (AvgIpc) is 3.63. The Bertz CT molecular complexity index is 1600. The van der Waals surface area contributed by atoms with Gasteiger partial charge in [-0.2, -0.15) is 0 Å². The van der Waals surface area contributed by atoms with Gasteiger partial charge in [0.1, 0.15) is 11.5 Å². The van der Waals surface area contributed by atoms with E-state index in [1.54, 1.807) is 12.4 Å². The molecule has 3 aliphatic rings. The number of hydrogen-bond acceptors (Lipinski definition) is 7. The number of fused-ring (bicyclic) bond motifs is 3. The predicted molar refractivity (Wildman–Crippen MR) is 166 cm³/mol. The number of nitrogens with one attached hydrogen (secondary N) is 2. The lowest BCUT2D eigenvalue weighted by atomic mass is 9.84. The maximum Gasteiger partial charge on any atom is 0.228 e. The smallest absolute Gasteiger partial charge is 0.228 e. The number of aromatic nitrogens is 3. The van der Waals surface area contributed by atoms with E-state index >= 15 is 0 Å². The van der Waals surface area contributed by atoms with Crippen LogP contribution >= 0.6 is 0 Å². The third-order valence-electron chi connectivity index (χ3n) is 9.59. The van der Waals surface area contributed by atoms with Crippen molar-refractivity contribution in [2.75, 3.05) is 18.4 Å². The number of piperidine rings is 1. The first-order valence-corrected chi connectivity index (χ1v) is 15.6. The zero-order valence-electron chi connectivity index (χ0n) is 24.3. The molecule has 0 radical (unpaired) electrons. The van der Waals surface area contributed by atoms with Gasteiger partial charge in [0.05, 0.1) is 11.3 Å². The van der Waals surface area contributed by atoms with Gasteiger partial charge in [0.2, 0.25) is 11.8 Å². The van der Waals surface area contributed by atoms with Crippen molar-refractivity contribution in [3.05, 3.63) is 72.1 Å². The van der Waals surface area contributed by atoms with Crippen molar-refractivity contribution in [2.24, 2.45) is 17.8 Å². The summed E-state index contributed by atoms with van der Waals surface area (Å²) in [5.41, 5.74) is 3.64. The van der Waals surface area contributed by atoms with Crippen molar-refractivity contribution in [1.29, 1.82) is 0 Å². The summed E-state index contributed by atoms with van der Waals surface area (Å²) < 4.78 is 6.61. The molecule has 0 amide bonds. The van der Waals surface area contributed by atoms with Crippen molar-refractivity contribution in [2.45, 2.75) is 64.3 Å². The quantitative estimate of drug-likeness (QED) is 0.230. The van der Waals surface area contributed by atoms with Gasteiger partial charge < -0.3 is 15.4 Å². The van der Waals surface area contributed by atoms with Gasteiger partial charge in [-0.3, -0.25) is 4.79 Å².